The van der Waals surface area contributed by atoms with Gasteiger partial charge in [-0.3, -0.25) is 4.79 Å². The van der Waals surface area contributed by atoms with Crippen molar-refractivity contribution in [2.75, 3.05) is 39.1 Å². The minimum Gasteiger partial charge on any atom is -0.355 e. The van der Waals surface area contributed by atoms with Gasteiger partial charge >= 0.3 is 0 Å². The smallest absolute Gasteiger partial charge is 0.291 e. The van der Waals surface area contributed by atoms with Crippen LogP contribution in [-0.4, -0.2) is 65.9 Å². The molecule has 7 nitrogen and oxygen atoms in total. The van der Waals surface area contributed by atoms with Gasteiger partial charge in [0.1, 0.15) is 5.82 Å². The van der Waals surface area contributed by atoms with Crippen LogP contribution >= 0.6 is 0 Å². The second-order valence-electron chi connectivity index (χ2n) is 7.90. The van der Waals surface area contributed by atoms with Gasteiger partial charge in [0.05, 0.1) is 11.6 Å². The predicted molar refractivity (Wildman–Crippen MR) is 113 cm³/mol. The Morgan fingerprint density at radius 2 is 1.90 bits per heavy atom. The summed E-state index contributed by atoms with van der Waals surface area (Å²) in [5, 5.41) is 8.92. The molecule has 2 aromatic rings. The molecule has 0 N–H and O–H groups in total. The van der Waals surface area contributed by atoms with E-state index < -0.39 is 0 Å². The highest BCUT2D eigenvalue weighted by atomic mass is 16.2. The van der Waals surface area contributed by atoms with Crippen LogP contribution in [0.1, 0.15) is 39.4 Å². The summed E-state index contributed by atoms with van der Waals surface area (Å²) in [6, 6.07) is 9.83. The molecular weight excluding hydrogens is 364 g/mol. The van der Waals surface area contributed by atoms with E-state index in [0.717, 1.165) is 42.1 Å². The number of amides is 1. The van der Waals surface area contributed by atoms with Crippen LogP contribution in [-0.2, 0) is 6.54 Å². The summed E-state index contributed by atoms with van der Waals surface area (Å²) in [7, 11) is 5.94. The van der Waals surface area contributed by atoms with Crippen LogP contribution in [0.5, 0.6) is 0 Å². The molecule has 0 spiro atoms. The molecule has 2 heterocycles. The molecule has 1 saturated heterocycles. The van der Waals surface area contributed by atoms with Crippen molar-refractivity contribution in [2.45, 2.75) is 32.9 Å². The third-order valence-corrected chi connectivity index (χ3v) is 5.60. The lowest BCUT2D eigenvalue weighted by molar-refractivity contribution is 0.0772. The number of aromatic nitrogens is 2. The first kappa shape index (κ1) is 20.7. The van der Waals surface area contributed by atoms with Crippen LogP contribution in [0, 0.1) is 25.2 Å². The molecule has 1 atom stereocenters. The first-order valence-electron chi connectivity index (χ1n) is 9.81. The number of hydrogen-bond acceptors (Lipinski definition) is 6. The number of nitriles is 1. The highest BCUT2D eigenvalue weighted by molar-refractivity contribution is 5.90. The van der Waals surface area contributed by atoms with Crippen LogP contribution in [0.2, 0.25) is 0 Å². The molecule has 0 bridgehead atoms. The number of benzene rings is 1. The Bertz CT molecular complexity index is 932. The standard InChI is InChI=1S/C22H28N6O/c1-15-16(2)24-20(25-21(15)28-11-10-19(14-28)26(3)4)22(29)27(5)13-18-8-6-17(12-23)7-9-18/h6-9,19H,10-11,13-14H2,1-5H3/t19-/m1/s1. The lowest BCUT2D eigenvalue weighted by Crippen LogP contribution is -2.33. The zero-order valence-corrected chi connectivity index (χ0v) is 17.8. The molecule has 0 aliphatic carbocycles. The molecule has 0 saturated carbocycles. The Kier molecular flexibility index (Phi) is 6.14. The SMILES string of the molecule is Cc1nc(C(=O)N(C)Cc2ccc(C#N)cc2)nc(N2CC[C@@H](N(C)C)C2)c1C. The Labute approximate surface area is 172 Å². The number of likely N-dealkylation sites (N-methyl/N-ethyl adjacent to an activating group) is 1. The van der Waals surface area contributed by atoms with E-state index in [1.54, 1.807) is 24.1 Å². The van der Waals surface area contributed by atoms with Gasteiger partial charge in [-0.1, -0.05) is 12.1 Å². The van der Waals surface area contributed by atoms with Crippen molar-refractivity contribution in [3.8, 4) is 6.07 Å². The maximum absolute atomic E-state index is 13.0. The highest BCUT2D eigenvalue weighted by Gasteiger charge is 2.28. The molecule has 1 aliphatic heterocycles. The quantitative estimate of drug-likeness (QED) is 0.778. The van der Waals surface area contributed by atoms with E-state index in [-0.39, 0.29) is 11.7 Å². The maximum atomic E-state index is 13.0. The molecular formula is C22H28N6O. The summed E-state index contributed by atoms with van der Waals surface area (Å²) in [4.78, 5) is 28.2. The normalized spacial score (nSPS) is 16.2. The van der Waals surface area contributed by atoms with Crippen LogP contribution in [0.3, 0.4) is 0 Å². The first-order chi connectivity index (χ1) is 13.8. The average Bonchev–Trinajstić information content (AvgIpc) is 3.20. The van der Waals surface area contributed by atoms with Gasteiger partial charge in [0, 0.05) is 44.0 Å². The minimum atomic E-state index is -0.206. The molecule has 0 radical (unpaired) electrons. The van der Waals surface area contributed by atoms with Gasteiger partial charge in [-0.2, -0.15) is 5.26 Å². The molecule has 3 rings (SSSR count). The summed E-state index contributed by atoms with van der Waals surface area (Å²) in [5.74, 6) is 0.881. The zero-order valence-electron chi connectivity index (χ0n) is 17.8. The summed E-state index contributed by atoms with van der Waals surface area (Å²) < 4.78 is 0. The second kappa shape index (κ2) is 8.58. The highest BCUT2D eigenvalue weighted by Crippen LogP contribution is 2.25. The lowest BCUT2D eigenvalue weighted by atomic mass is 10.1. The van der Waals surface area contributed by atoms with E-state index in [1.807, 2.05) is 26.0 Å². The molecule has 29 heavy (non-hydrogen) atoms. The fourth-order valence-corrected chi connectivity index (χ4v) is 3.57. The van der Waals surface area contributed by atoms with E-state index >= 15 is 0 Å². The fraction of sp³-hybridized carbons (Fsp3) is 0.455. The van der Waals surface area contributed by atoms with Crippen molar-refractivity contribution in [2.24, 2.45) is 0 Å². The number of rotatable bonds is 5. The van der Waals surface area contributed by atoms with Crippen molar-refractivity contribution in [3.05, 3.63) is 52.5 Å². The fourth-order valence-electron chi connectivity index (χ4n) is 3.57. The Morgan fingerprint density at radius 3 is 2.48 bits per heavy atom. The third kappa shape index (κ3) is 4.54. The van der Waals surface area contributed by atoms with E-state index in [9.17, 15) is 4.79 Å². The van der Waals surface area contributed by atoms with Crippen molar-refractivity contribution < 1.29 is 4.79 Å². The van der Waals surface area contributed by atoms with Crippen LogP contribution < -0.4 is 4.90 Å². The zero-order chi connectivity index (χ0) is 21.1. The Morgan fingerprint density at radius 1 is 1.21 bits per heavy atom. The van der Waals surface area contributed by atoms with Crippen LogP contribution in [0.25, 0.3) is 0 Å². The van der Waals surface area contributed by atoms with E-state index in [0.29, 0.717) is 18.2 Å². The molecule has 152 valence electrons. The second-order valence-corrected chi connectivity index (χ2v) is 7.90. The predicted octanol–water partition coefficient (Wildman–Crippen LogP) is 2.38. The minimum absolute atomic E-state index is 0.206. The molecule has 1 aromatic heterocycles. The summed E-state index contributed by atoms with van der Waals surface area (Å²) >= 11 is 0. The van der Waals surface area contributed by atoms with Gasteiger partial charge in [0.2, 0.25) is 5.82 Å². The largest absolute Gasteiger partial charge is 0.355 e. The van der Waals surface area contributed by atoms with Gasteiger partial charge in [-0.05, 0) is 52.1 Å². The number of hydrogen-bond donors (Lipinski definition) is 0. The summed E-state index contributed by atoms with van der Waals surface area (Å²) in [6.45, 7) is 6.20. The number of carbonyl (C=O) groups excluding carboxylic acids is 1. The van der Waals surface area contributed by atoms with Gasteiger partial charge in [0.25, 0.3) is 5.91 Å². The van der Waals surface area contributed by atoms with Crippen molar-refractivity contribution in [1.82, 2.24) is 19.8 Å². The molecule has 1 amide bonds. The van der Waals surface area contributed by atoms with Gasteiger partial charge in [0.15, 0.2) is 0 Å². The Balaban J connectivity index is 1.79. The van der Waals surface area contributed by atoms with Gasteiger partial charge in [-0.25, -0.2) is 9.97 Å². The molecule has 7 heteroatoms. The van der Waals surface area contributed by atoms with Crippen molar-refractivity contribution >= 4 is 11.7 Å². The average molecular weight is 393 g/mol. The van der Waals surface area contributed by atoms with Crippen molar-refractivity contribution in [3.63, 3.8) is 0 Å². The summed E-state index contributed by atoms with van der Waals surface area (Å²) in [6.07, 6.45) is 1.08. The number of anilines is 1. The van der Waals surface area contributed by atoms with E-state index in [4.69, 9.17) is 5.26 Å². The van der Waals surface area contributed by atoms with E-state index in [1.165, 1.54) is 0 Å². The number of nitrogens with zero attached hydrogens (tertiary/aromatic N) is 6. The molecule has 1 aromatic carbocycles. The number of aryl methyl sites for hydroxylation is 1. The van der Waals surface area contributed by atoms with Gasteiger partial charge < -0.3 is 14.7 Å². The Hall–Kier alpha value is -2.98. The monoisotopic (exact) mass is 392 g/mol. The maximum Gasteiger partial charge on any atom is 0.291 e. The molecule has 0 unspecified atom stereocenters. The van der Waals surface area contributed by atoms with Gasteiger partial charge in [-0.15, -0.1) is 0 Å². The van der Waals surface area contributed by atoms with E-state index in [2.05, 4.69) is 39.9 Å². The van der Waals surface area contributed by atoms with Crippen molar-refractivity contribution in [1.29, 1.82) is 5.26 Å². The topological polar surface area (TPSA) is 76.4 Å². The lowest BCUT2D eigenvalue weighted by Gasteiger charge is -2.24. The summed E-state index contributed by atoms with van der Waals surface area (Å²) in [5.41, 5.74) is 3.41. The van der Waals surface area contributed by atoms with Crippen LogP contribution in [0.4, 0.5) is 5.82 Å². The third-order valence-electron chi connectivity index (χ3n) is 5.60. The molecule has 1 fully saturated rings. The molecule has 1 aliphatic rings. The first-order valence-corrected chi connectivity index (χ1v) is 9.81. The van der Waals surface area contributed by atoms with Crippen LogP contribution in [0.15, 0.2) is 24.3 Å². The number of carbonyl (C=O) groups is 1.